The summed E-state index contributed by atoms with van der Waals surface area (Å²) in [5, 5.41) is 2.68. The number of hydrogen-bond acceptors (Lipinski definition) is 3. The normalized spacial score (nSPS) is 12.5. The first-order valence-electron chi connectivity index (χ1n) is 7.61. The van der Waals surface area contributed by atoms with Crippen LogP contribution in [-0.2, 0) is 11.0 Å². The van der Waals surface area contributed by atoms with Gasteiger partial charge in [-0.15, -0.1) is 0 Å². The summed E-state index contributed by atoms with van der Waals surface area (Å²) in [7, 11) is 1.49. The second-order valence-electron chi connectivity index (χ2n) is 5.73. The molecular formula is C18H19F3N2O2. The Balaban J connectivity index is 2.04. The van der Waals surface area contributed by atoms with Crippen LogP contribution in [-0.4, -0.2) is 13.0 Å². The monoisotopic (exact) mass is 352 g/mol. The number of nitrogens with two attached hydrogens (primary N) is 1. The van der Waals surface area contributed by atoms with E-state index >= 15 is 0 Å². The number of nitrogens with one attached hydrogen (secondary N) is 1. The highest BCUT2D eigenvalue weighted by Gasteiger charge is 2.30. The maximum atomic E-state index is 12.8. The number of nitrogen functional groups attached to an aromatic ring is 1. The molecule has 7 heteroatoms. The van der Waals surface area contributed by atoms with Crippen molar-refractivity contribution in [3.8, 4) is 5.75 Å². The first kappa shape index (κ1) is 18.6. The number of benzene rings is 2. The van der Waals surface area contributed by atoms with E-state index in [2.05, 4.69) is 5.32 Å². The molecule has 2 rings (SSSR count). The quantitative estimate of drug-likeness (QED) is 0.783. The van der Waals surface area contributed by atoms with Gasteiger partial charge in [0.15, 0.2) is 0 Å². The molecule has 3 N–H and O–H groups in total. The van der Waals surface area contributed by atoms with E-state index in [-0.39, 0.29) is 18.2 Å². The minimum absolute atomic E-state index is 0.0489. The molecular weight excluding hydrogens is 333 g/mol. The Hall–Kier alpha value is -2.70. The number of anilines is 2. The molecule has 0 aliphatic rings. The van der Waals surface area contributed by atoms with Crippen LogP contribution in [0, 0.1) is 0 Å². The summed E-state index contributed by atoms with van der Waals surface area (Å²) in [5.74, 6) is -0.178. The van der Waals surface area contributed by atoms with Gasteiger partial charge in [-0.25, -0.2) is 0 Å². The van der Waals surface area contributed by atoms with Gasteiger partial charge in [-0.05, 0) is 35.7 Å². The van der Waals surface area contributed by atoms with Gasteiger partial charge in [0, 0.05) is 12.1 Å². The number of alkyl halides is 3. The lowest BCUT2D eigenvalue weighted by atomic mass is 9.95. The maximum Gasteiger partial charge on any atom is 0.416 e. The Labute approximate surface area is 143 Å². The highest BCUT2D eigenvalue weighted by Crippen LogP contribution is 2.32. The molecule has 0 saturated heterocycles. The molecule has 0 bridgehead atoms. The molecule has 0 heterocycles. The van der Waals surface area contributed by atoms with Crippen LogP contribution in [0.25, 0.3) is 0 Å². The van der Waals surface area contributed by atoms with Crippen molar-refractivity contribution in [2.45, 2.75) is 25.4 Å². The van der Waals surface area contributed by atoms with Crippen molar-refractivity contribution in [3.63, 3.8) is 0 Å². The molecule has 0 aromatic heterocycles. The van der Waals surface area contributed by atoms with Crippen LogP contribution in [0.15, 0.2) is 42.5 Å². The Morgan fingerprint density at radius 3 is 2.56 bits per heavy atom. The lowest BCUT2D eigenvalue weighted by Crippen LogP contribution is -2.15. The Morgan fingerprint density at radius 1 is 1.24 bits per heavy atom. The van der Waals surface area contributed by atoms with E-state index in [1.54, 1.807) is 31.2 Å². The van der Waals surface area contributed by atoms with Crippen LogP contribution in [0.3, 0.4) is 0 Å². The van der Waals surface area contributed by atoms with E-state index < -0.39 is 11.7 Å². The molecule has 1 unspecified atom stereocenters. The summed E-state index contributed by atoms with van der Waals surface area (Å²) in [6.45, 7) is 1.71. The number of rotatable bonds is 5. The maximum absolute atomic E-state index is 12.8. The number of halogens is 3. The predicted octanol–water partition coefficient (Wildman–Crippen LogP) is 4.43. The average molecular weight is 352 g/mol. The second kappa shape index (κ2) is 7.46. The van der Waals surface area contributed by atoms with E-state index in [0.717, 1.165) is 12.1 Å². The van der Waals surface area contributed by atoms with Crippen molar-refractivity contribution in [3.05, 3.63) is 53.6 Å². The van der Waals surface area contributed by atoms with Crippen LogP contribution in [0.5, 0.6) is 5.75 Å². The molecule has 1 atom stereocenters. The molecule has 0 aliphatic heterocycles. The van der Waals surface area contributed by atoms with Gasteiger partial charge in [-0.1, -0.05) is 25.1 Å². The number of amides is 1. The number of carbonyl (C=O) groups is 1. The van der Waals surface area contributed by atoms with Gasteiger partial charge in [-0.3, -0.25) is 4.79 Å². The van der Waals surface area contributed by atoms with Gasteiger partial charge in [-0.2, -0.15) is 13.2 Å². The Bertz CT molecular complexity index is 760. The number of ether oxygens (including phenoxy) is 1. The molecule has 134 valence electrons. The third-order valence-electron chi connectivity index (χ3n) is 3.79. The van der Waals surface area contributed by atoms with E-state index in [1.807, 2.05) is 0 Å². The van der Waals surface area contributed by atoms with Crippen LogP contribution in [0.2, 0.25) is 0 Å². The number of carbonyl (C=O) groups excluding carboxylic acids is 1. The van der Waals surface area contributed by atoms with Gasteiger partial charge in [0.1, 0.15) is 5.75 Å². The van der Waals surface area contributed by atoms with Crippen LogP contribution < -0.4 is 15.8 Å². The third-order valence-corrected chi connectivity index (χ3v) is 3.79. The molecule has 0 fully saturated rings. The van der Waals surface area contributed by atoms with Gasteiger partial charge in [0.25, 0.3) is 0 Å². The molecule has 25 heavy (non-hydrogen) atoms. The fourth-order valence-electron chi connectivity index (χ4n) is 2.44. The highest BCUT2D eigenvalue weighted by molar-refractivity contribution is 5.92. The molecule has 4 nitrogen and oxygen atoms in total. The zero-order valence-corrected chi connectivity index (χ0v) is 13.9. The van der Waals surface area contributed by atoms with E-state index in [0.29, 0.717) is 22.7 Å². The molecule has 2 aromatic carbocycles. The van der Waals surface area contributed by atoms with Crippen LogP contribution in [0.4, 0.5) is 24.5 Å². The highest BCUT2D eigenvalue weighted by atomic mass is 19.4. The molecule has 2 aromatic rings. The van der Waals surface area contributed by atoms with Crippen LogP contribution >= 0.6 is 0 Å². The Morgan fingerprint density at radius 2 is 1.96 bits per heavy atom. The molecule has 0 aliphatic carbocycles. The van der Waals surface area contributed by atoms with Gasteiger partial charge < -0.3 is 15.8 Å². The van der Waals surface area contributed by atoms with Crippen molar-refractivity contribution < 1.29 is 22.7 Å². The summed E-state index contributed by atoms with van der Waals surface area (Å²) in [6, 6.07) is 9.84. The van der Waals surface area contributed by atoms with Crippen molar-refractivity contribution in [2.75, 3.05) is 18.2 Å². The summed E-state index contributed by atoms with van der Waals surface area (Å²) in [5.41, 5.74) is 6.39. The summed E-state index contributed by atoms with van der Waals surface area (Å²) in [4.78, 5) is 12.1. The second-order valence-corrected chi connectivity index (χ2v) is 5.73. The zero-order valence-electron chi connectivity index (χ0n) is 13.9. The van der Waals surface area contributed by atoms with Gasteiger partial charge in [0.2, 0.25) is 5.91 Å². The van der Waals surface area contributed by atoms with Crippen molar-refractivity contribution in [2.24, 2.45) is 0 Å². The van der Waals surface area contributed by atoms with E-state index in [1.165, 1.54) is 13.2 Å². The fraction of sp³-hybridized carbons (Fsp3) is 0.278. The van der Waals surface area contributed by atoms with Crippen LogP contribution in [0.1, 0.15) is 30.4 Å². The summed E-state index contributed by atoms with van der Waals surface area (Å²) < 4.78 is 43.4. The minimum Gasteiger partial charge on any atom is -0.495 e. The largest absolute Gasteiger partial charge is 0.495 e. The van der Waals surface area contributed by atoms with E-state index in [9.17, 15) is 18.0 Å². The first-order valence-corrected chi connectivity index (χ1v) is 7.61. The topological polar surface area (TPSA) is 64.3 Å². The number of hydrogen-bond donors (Lipinski definition) is 2. The lowest BCUT2D eigenvalue weighted by molar-refractivity contribution is -0.137. The Kier molecular flexibility index (Phi) is 5.56. The molecule has 0 radical (unpaired) electrons. The summed E-state index contributed by atoms with van der Waals surface area (Å²) >= 11 is 0. The minimum atomic E-state index is -4.40. The van der Waals surface area contributed by atoms with Crippen molar-refractivity contribution in [1.29, 1.82) is 0 Å². The smallest absolute Gasteiger partial charge is 0.416 e. The number of methoxy groups -OCH3 is 1. The standard InChI is InChI=1S/C18H19F3N2O2/c1-11(12-4-3-5-13(9-12)18(19,20)21)8-17(24)23-14-6-7-16(25-2)15(22)10-14/h3-7,9-11H,8,22H2,1-2H3,(H,23,24). The van der Waals surface area contributed by atoms with Crippen molar-refractivity contribution >= 4 is 17.3 Å². The van der Waals surface area contributed by atoms with Gasteiger partial charge in [0.05, 0.1) is 18.4 Å². The predicted molar refractivity (Wildman–Crippen MR) is 90.5 cm³/mol. The molecule has 1 amide bonds. The lowest BCUT2D eigenvalue weighted by Gasteiger charge is -2.15. The average Bonchev–Trinajstić information content (AvgIpc) is 2.54. The van der Waals surface area contributed by atoms with Crippen molar-refractivity contribution in [1.82, 2.24) is 0 Å². The summed E-state index contributed by atoms with van der Waals surface area (Å²) in [6.07, 6.45) is -4.36. The first-order chi connectivity index (χ1) is 11.7. The molecule has 0 saturated carbocycles. The molecule has 0 spiro atoms. The third kappa shape index (κ3) is 4.89. The van der Waals surface area contributed by atoms with E-state index in [4.69, 9.17) is 10.5 Å². The zero-order chi connectivity index (χ0) is 18.6. The SMILES string of the molecule is COc1ccc(NC(=O)CC(C)c2cccc(C(F)(F)F)c2)cc1N. The van der Waals surface area contributed by atoms with Gasteiger partial charge >= 0.3 is 6.18 Å². The fourth-order valence-corrected chi connectivity index (χ4v) is 2.44.